The van der Waals surface area contributed by atoms with E-state index < -0.39 is 4.92 Å². The van der Waals surface area contributed by atoms with Gasteiger partial charge in [0, 0.05) is 12.1 Å². The van der Waals surface area contributed by atoms with Gasteiger partial charge in [-0.15, -0.1) is 0 Å². The average molecular weight is 294 g/mol. The van der Waals surface area contributed by atoms with E-state index >= 15 is 0 Å². The molecule has 0 amide bonds. The van der Waals surface area contributed by atoms with Gasteiger partial charge in [0.15, 0.2) is 0 Å². The predicted octanol–water partition coefficient (Wildman–Crippen LogP) is 3.79. The van der Waals surface area contributed by atoms with Gasteiger partial charge in [-0.3, -0.25) is 10.1 Å². The van der Waals surface area contributed by atoms with Crippen molar-refractivity contribution in [1.29, 1.82) is 0 Å². The van der Waals surface area contributed by atoms with E-state index in [2.05, 4.69) is 10.3 Å². The van der Waals surface area contributed by atoms with Crippen LogP contribution >= 0.6 is 11.6 Å². The molecule has 6 nitrogen and oxygen atoms in total. The van der Waals surface area contributed by atoms with Crippen LogP contribution < -0.4 is 10.1 Å². The second-order valence-electron chi connectivity index (χ2n) is 4.07. The lowest BCUT2D eigenvalue weighted by atomic mass is 10.2. The average Bonchev–Trinajstić information content (AvgIpc) is 2.41. The molecule has 0 unspecified atom stereocenters. The Hall–Kier alpha value is -2.34. The van der Waals surface area contributed by atoms with Crippen LogP contribution in [0.4, 0.5) is 11.5 Å². The third kappa shape index (κ3) is 3.16. The molecule has 0 aliphatic heterocycles. The molecule has 1 aromatic carbocycles. The molecule has 2 rings (SSSR count). The van der Waals surface area contributed by atoms with E-state index in [4.69, 9.17) is 16.3 Å². The van der Waals surface area contributed by atoms with E-state index in [0.29, 0.717) is 16.6 Å². The van der Waals surface area contributed by atoms with Gasteiger partial charge in [-0.2, -0.15) is 4.98 Å². The molecule has 2 aromatic rings. The second-order valence-corrected chi connectivity index (χ2v) is 4.50. The molecule has 0 aliphatic rings. The highest BCUT2D eigenvalue weighted by Crippen LogP contribution is 2.29. The van der Waals surface area contributed by atoms with Crippen molar-refractivity contribution in [2.24, 2.45) is 0 Å². The van der Waals surface area contributed by atoms with Crippen molar-refractivity contribution in [3.8, 4) is 11.6 Å². The smallest absolute Gasteiger partial charge is 0.278 e. The molecule has 20 heavy (non-hydrogen) atoms. The van der Waals surface area contributed by atoms with Gasteiger partial charge in [-0.1, -0.05) is 11.6 Å². The second kappa shape index (κ2) is 5.75. The maximum absolute atomic E-state index is 10.9. The minimum Gasteiger partial charge on any atom is -0.438 e. The number of anilines is 1. The Kier molecular flexibility index (Phi) is 4.05. The van der Waals surface area contributed by atoms with Crippen LogP contribution in [0.15, 0.2) is 30.3 Å². The van der Waals surface area contributed by atoms with E-state index in [0.717, 1.165) is 5.56 Å². The van der Waals surface area contributed by atoms with Crippen LogP contribution in [0.25, 0.3) is 0 Å². The molecule has 1 N–H and O–H groups in total. The molecule has 0 spiro atoms. The molecule has 104 valence electrons. The quantitative estimate of drug-likeness (QED) is 0.685. The van der Waals surface area contributed by atoms with Gasteiger partial charge in [0.25, 0.3) is 5.69 Å². The topological polar surface area (TPSA) is 77.3 Å². The van der Waals surface area contributed by atoms with Gasteiger partial charge in [0.2, 0.25) is 5.88 Å². The van der Waals surface area contributed by atoms with Crippen molar-refractivity contribution in [2.45, 2.75) is 6.92 Å². The van der Waals surface area contributed by atoms with Crippen LogP contribution in [0.1, 0.15) is 5.56 Å². The van der Waals surface area contributed by atoms with Crippen molar-refractivity contribution in [3.63, 3.8) is 0 Å². The maximum atomic E-state index is 10.9. The zero-order valence-electron chi connectivity index (χ0n) is 10.9. The summed E-state index contributed by atoms with van der Waals surface area (Å²) in [5.41, 5.74) is 0.725. The molecular weight excluding hydrogens is 282 g/mol. The summed E-state index contributed by atoms with van der Waals surface area (Å²) in [6.07, 6.45) is 0. The summed E-state index contributed by atoms with van der Waals surface area (Å²) in [5, 5.41) is 14.2. The van der Waals surface area contributed by atoms with E-state index in [9.17, 15) is 10.1 Å². The number of benzene rings is 1. The number of aromatic nitrogens is 1. The van der Waals surface area contributed by atoms with Gasteiger partial charge in [-0.05, 0) is 30.7 Å². The molecule has 0 atom stereocenters. The molecule has 0 radical (unpaired) electrons. The monoisotopic (exact) mass is 293 g/mol. The summed E-state index contributed by atoms with van der Waals surface area (Å²) >= 11 is 5.86. The normalized spacial score (nSPS) is 10.2. The van der Waals surface area contributed by atoms with Gasteiger partial charge in [-0.25, -0.2) is 0 Å². The molecule has 0 aliphatic carbocycles. The SMILES string of the molecule is CNc1cc([N+](=O)[O-])cc(Oc2ccc(Cl)cc2C)n1. The number of ether oxygens (including phenoxy) is 1. The highest BCUT2D eigenvalue weighted by molar-refractivity contribution is 6.30. The number of pyridine rings is 1. The fourth-order valence-corrected chi connectivity index (χ4v) is 1.84. The zero-order chi connectivity index (χ0) is 14.7. The van der Waals surface area contributed by atoms with Gasteiger partial charge < -0.3 is 10.1 Å². The van der Waals surface area contributed by atoms with E-state index in [-0.39, 0.29) is 11.6 Å². The van der Waals surface area contributed by atoms with Gasteiger partial charge in [0.1, 0.15) is 11.6 Å². The molecular formula is C13H12ClN3O3. The number of hydrogen-bond acceptors (Lipinski definition) is 5. The predicted molar refractivity (Wildman–Crippen MR) is 76.7 cm³/mol. The first kappa shape index (κ1) is 14.1. The van der Waals surface area contributed by atoms with Gasteiger partial charge >= 0.3 is 0 Å². The third-order valence-electron chi connectivity index (χ3n) is 2.61. The Labute approximate surface area is 120 Å². The minimum absolute atomic E-state index is 0.0917. The first-order valence-electron chi connectivity index (χ1n) is 5.78. The Balaban J connectivity index is 2.37. The van der Waals surface area contributed by atoms with E-state index in [1.165, 1.54) is 12.1 Å². The highest BCUT2D eigenvalue weighted by atomic mass is 35.5. The van der Waals surface area contributed by atoms with Crippen LogP contribution in [0.2, 0.25) is 5.02 Å². The summed E-state index contributed by atoms with van der Waals surface area (Å²) < 4.78 is 5.58. The van der Waals surface area contributed by atoms with E-state index in [1.807, 2.05) is 6.92 Å². The number of nitro groups is 1. The summed E-state index contributed by atoms with van der Waals surface area (Å²) in [4.78, 5) is 14.5. The Morgan fingerprint density at radius 1 is 1.35 bits per heavy atom. The summed E-state index contributed by atoms with van der Waals surface area (Å²) in [6.45, 7) is 1.83. The lowest BCUT2D eigenvalue weighted by molar-refractivity contribution is -0.384. The van der Waals surface area contributed by atoms with Crippen molar-refractivity contribution in [1.82, 2.24) is 4.98 Å². The summed E-state index contributed by atoms with van der Waals surface area (Å²) in [6, 6.07) is 7.72. The summed E-state index contributed by atoms with van der Waals surface area (Å²) in [5.74, 6) is 1.05. The summed E-state index contributed by atoms with van der Waals surface area (Å²) in [7, 11) is 1.63. The van der Waals surface area contributed by atoms with Gasteiger partial charge in [0.05, 0.1) is 17.1 Å². The number of rotatable bonds is 4. The zero-order valence-corrected chi connectivity index (χ0v) is 11.6. The molecule has 0 bridgehead atoms. The highest BCUT2D eigenvalue weighted by Gasteiger charge is 2.13. The van der Waals surface area contributed by atoms with Crippen LogP contribution in [-0.2, 0) is 0 Å². The van der Waals surface area contributed by atoms with Crippen LogP contribution in [0, 0.1) is 17.0 Å². The number of nitrogens with one attached hydrogen (secondary N) is 1. The maximum Gasteiger partial charge on any atom is 0.278 e. The van der Waals surface area contributed by atoms with Crippen molar-refractivity contribution < 1.29 is 9.66 Å². The minimum atomic E-state index is -0.496. The number of aryl methyl sites for hydroxylation is 1. The largest absolute Gasteiger partial charge is 0.438 e. The Bertz CT molecular complexity index is 661. The molecule has 7 heteroatoms. The Morgan fingerprint density at radius 3 is 2.70 bits per heavy atom. The first-order chi connectivity index (χ1) is 9.49. The number of nitrogens with zero attached hydrogens (tertiary/aromatic N) is 2. The molecule has 0 fully saturated rings. The lowest BCUT2D eigenvalue weighted by Gasteiger charge is -2.09. The van der Waals surface area contributed by atoms with E-state index in [1.54, 1.807) is 25.2 Å². The van der Waals surface area contributed by atoms with Crippen molar-refractivity contribution >= 4 is 23.1 Å². The molecule has 1 heterocycles. The fourth-order valence-electron chi connectivity index (χ4n) is 1.62. The third-order valence-corrected chi connectivity index (χ3v) is 2.84. The van der Waals surface area contributed by atoms with Crippen LogP contribution in [-0.4, -0.2) is 17.0 Å². The van der Waals surface area contributed by atoms with Crippen molar-refractivity contribution in [2.75, 3.05) is 12.4 Å². The molecule has 1 aromatic heterocycles. The lowest BCUT2D eigenvalue weighted by Crippen LogP contribution is -1.98. The Morgan fingerprint density at radius 2 is 2.10 bits per heavy atom. The van der Waals surface area contributed by atoms with Crippen LogP contribution in [0.5, 0.6) is 11.6 Å². The fraction of sp³-hybridized carbons (Fsp3) is 0.154. The van der Waals surface area contributed by atoms with Crippen molar-refractivity contribution in [3.05, 3.63) is 51.0 Å². The number of halogens is 1. The molecule has 0 saturated carbocycles. The molecule has 0 saturated heterocycles. The first-order valence-corrected chi connectivity index (χ1v) is 6.15. The van der Waals surface area contributed by atoms with Crippen LogP contribution in [0.3, 0.4) is 0 Å². The standard InChI is InChI=1S/C13H12ClN3O3/c1-8-5-9(14)3-4-11(8)20-13-7-10(17(18)19)6-12(15-2)16-13/h3-7H,1-2H3,(H,15,16). The number of hydrogen-bond donors (Lipinski definition) is 1.